The number of barbiturate groups is 1. The van der Waals surface area contributed by atoms with E-state index in [-0.39, 0.29) is 13.0 Å². The molecule has 0 radical (unpaired) electrons. The number of imide groups is 2. The maximum Gasteiger partial charge on any atom is 0.331 e. The first-order chi connectivity index (χ1) is 11.5. The zero-order valence-corrected chi connectivity index (χ0v) is 12.8. The van der Waals surface area contributed by atoms with Gasteiger partial charge in [-0.1, -0.05) is 60.7 Å². The van der Waals surface area contributed by atoms with Crippen molar-refractivity contribution in [3.05, 3.63) is 71.8 Å². The summed E-state index contributed by atoms with van der Waals surface area (Å²) >= 11 is 0. The van der Waals surface area contributed by atoms with E-state index in [0.29, 0.717) is 5.56 Å². The normalized spacial score (nSPS) is 20.9. The molecule has 6 heteroatoms. The average molecular weight is 324 g/mol. The van der Waals surface area contributed by atoms with E-state index in [1.165, 1.54) is 0 Å². The number of aliphatic hydroxyl groups is 1. The van der Waals surface area contributed by atoms with Gasteiger partial charge in [-0.05, 0) is 11.1 Å². The third-order valence-corrected chi connectivity index (χ3v) is 3.93. The van der Waals surface area contributed by atoms with Crippen LogP contribution in [0.3, 0.4) is 0 Å². The van der Waals surface area contributed by atoms with Crippen LogP contribution in [0.4, 0.5) is 4.79 Å². The van der Waals surface area contributed by atoms with E-state index in [9.17, 15) is 19.5 Å². The summed E-state index contributed by atoms with van der Waals surface area (Å²) in [6.07, 6.45) is -0.197. The number of amides is 4. The molecule has 122 valence electrons. The standard InChI is InChI=1S/C18H16N2O4/c21-15-18(24,11-13-7-3-1-4-8-13)16(22)20(17(23)19-15)12-14-9-5-2-6-10-14/h1-10,24H,11-12H2,(H,19,21,23). The topological polar surface area (TPSA) is 86.7 Å². The van der Waals surface area contributed by atoms with Gasteiger partial charge in [0.15, 0.2) is 0 Å². The molecule has 24 heavy (non-hydrogen) atoms. The molecule has 1 heterocycles. The second kappa shape index (κ2) is 6.25. The molecule has 0 aromatic heterocycles. The minimum atomic E-state index is -2.30. The van der Waals surface area contributed by atoms with Crippen LogP contribution in [-0.2, 0) is 22.6 Å². The van der Waals surface area contributed by atoms with Crippen LogP contribution in [0.25, 0.3) is 0 Å². The lowest BCUT2D eigenvalue weighted by Crippen LogP contribution is -2.68. The lowest BCUT2D eigenvalue weighted by atomic mass is 9.90. The van der Waals surface area contributed by atoms with Gasteiger partial charge in [-0.2, -0.15) is 0 Å². The minimum absolute atomic E-state index is 0.0180. The van der Waals surface area contributed by atoms with Crippen LogP contribution in [-0.4, -0.2) is 33.5 Å². The van der Waals surface area contributed by atoms with Gasteiger partial charge in [-0.25, -0.2) is 4.79 Å². The number of carbonyl (C=O) groups excluding carboxylic acids is 3. The Kier molecular flexibility index (Phi) is 4.14. The van der Waals surface area contributed by atoms with Crippen LogP contribution in [0.15, 0.2) is 60.7 Å². The third-order valence-electron chi connectivity index (χ3n) is 3.93. The zero-order chi connectivity index (χ0) is 17.2. The fourth-order valence-electron chi connectivity index (χ4n) is 2.64. The number of nitrogens with one attached hydrogen (secondary N) is 1. The Morgan fingerprint density at radius 1 is 0.875 bits per heavy atom. The molecule has 1 fully saturated rings. The van der Waals surface area contributed by atoms with Crippen LogP contribution >= 0.6 is 0 Å². The molecule has 1 aliphatic heterocycles. The predicted molar refractivity (Wildman–Crippen MR) is 85.6 cm³/mol. The van der Waals surface area contributed by atoms with Gasteiger partial charge in [0.05, 0.1) is 6.54 Å². The summed E-state index contributed by atoms with van der Waals surface area (Å²) in [5, 5.41) is 12.7. The second-order valence-corrected chi connectivity index (χ2v) is 5.66. The maximum absolute atomic E-state index is 12.7. The van der Waals surface area contributed by atoms with Gasteiger partial charge in [0.1, 0.15) is 0 Å². The molecule has 1 saturated heterocycles. The van der Waals surface area contributed by atoms with Crippen LogP contribution in [0.2, 0.25) is 0 Å². The molecule has 2 aromatic rings. The lowest BCUT2D eigenvalue weighted by Gasteiger charge is -2.35. The molecule has 0 spiro atoms. The van der Waals surface area contributed by atoms with E-state index >= 15 is 0 Å². The van der Waals surface area contributed by atoms with E-state index in [4.69, 9.17) is 0 Å². The summed E-state index contributed by atoms with van der Waals surface area (Å²) in [5.74, 6) is -1.91. The molecule has 1 atom stereocenters. The van der Waals surface area contributed by atoms with E-state index in [0.717, 1.165) is 10.5 Å². The Hall–Kier alpha value is -2.99. The minimum Gasteiger partial charge on any atom is -0.371 e. The van der Waals surface area contributed by atoms with Gasteiger partial charge >= 0.3 is 6.03 Å². The molecule has 0 saturated carbocycles. The molecule has 3 rings (SSSR count). The number of hydrogen-bond acceptors (Lipinski definition) is 4. The quantitative estimate of drug-likeness (QED) is 0.829. The van der Waals surface area contributed by atoms with Crippen LogP contribution < -0.4 is 5.32 Å². The van der Waals surface area contributed by atoms with Gasteiger partial charge in [-0.15, -0.1) is 0 Å². The van der Waals surface area contributed by atoms with Crippen LogP contribution in [0, 0.1) is 0 Å². The highest BCUT2D eigenvalue weighted by Gasteiger charge is 2.52. The van der Waals surface area contributed by atoms with Crippen molar-refractivity contribution in [1.29, 1.82) is 0 Å². The van der Waals surface area contributed by atoms with E-state index < -0.39 is 23.4 Å². The van der Waals surface area contributed by atoms with Crippen molar-refractivity contribution in [3.8, 4) is 0 Å². The summed E-state index contributed by atoms with van der Waals surface area (Å²) in [6, 6.07) is 16.8. The predicted octanol–water partition coefficient (Wildman–Crippen LogP) is 1.24. The highest BCUT2D eigenvalue weighted by atomic mass is 16.3. The smallest absolute Gasteiger partial charge is 0.331 e. The summed E-state index contributed by atoms with van der Waals surface area (Å²) < 4.78 is 0. The number of hydrogen-bond donors (Lipinski definition) is 2. The largest absolute Gasteiger partial charge is 0.371 e. The van der Waals surface area contributed by atoms with Crippen molar-refractivity contribution in [3.63, 3.8) is 0 Å². The molecule has 0 bridgehead atoms. The van der Waals surface area contributed by atoms with E-state index in [1.807, 2.05) is 6.07 Å². The number of urea groups is 1. The van der Waals surface area contributed by atoms with Gasteiger partial charge in [0.2, 0.25) is 5.60 Å². The Labute approximate surface area is 138 Å². The number of carbonyl (C=O) groups is 3. The molecular formula is C18H16N2O4. The number of benzene rings is 2. The molecular weight excluding hydrogens is 308 g/mol. The summed E-state index contributed by atoms with van der Waals surface area (Å²) in [4.78, 5) is 37.7. The van der Waals surface area contributed by atoms with Crippen LogP contribution in [0.5, 0.6) is 0 Å². The van der Waals surface area contributed by atoms with E-state index in [1.54, 1.807) is 54.6 Å². The summed E-state index contributed by atoms with van der Waals surface area (Å²) in [7, 11) is 0. The van der Waals surface area contributed by atoms with Crippen LogP contribution in [0.1, 0.15) is 11.1 Å². The molecule has 0 aliphatic carbocycles. The second-order valence-electron chi connectivity index (χ2n) is 5.66. The highest BCUT2D eigenvalue weighted by molar-refractivity contribution is 6.21. The van der Waals surface area contributed by atoms with Crippen molar-refractivity contribution in [1.82, 2.24) is 10.2 Å². The summed E-state index contributed by atoms with van der Waals surface area (Å²) in [5.41, 5.74) is -0.959. The number of rotatable bonds is 4. The molecule has 1 aliphatic rings. The summed E-state index contributed by atoms with van der Waals surface area (Å²) in [6.45, 7) is -0.0180. The van der Waals surface area contributed by atoms with Gasteiger partial charge < -0.3 is 5.11 Å². The molecule has 6 nitrogen and oxygen atoms in total. The highest BCUT2D eigenvalue weighted by Crippen LogP contribution is 2.22. The van der Waals surface area contributed by atoms with E-state index in [2.05, 4.69) is 5.32 Å². The zero-order valence-electron chi connectivity index (χ0n) is 12.8. The Bertz CT molecular complexity index is 776. The SMILES string of the molecule is O=C1NC(=O)C(O)(Cc2ccccc2)C(=O)N1Cc1ccccc1. The van der Waals surface area contributed by atoms with Crippen molar-refractivity contribution in [2.45, 2.75) is 18.6 Å². The molecule has 2 aromatic carbocycles. The maximum atomic E-state index is 12.7. The first kappa shape index (κ1) is 15.9. The van der Waals surface area contributed by atoms with Crippen molar-refractivity contribution in [2.75, 3.05) is 0 Å². The fourth-order valence-corrected chi connectivity index (χ4v) is 2.64. The van der Waals surface area contributed by atoms with Gasteiger partial charge in [-0.3, -0.25) is 19.8 Å². The van der Waals surface area contributed by atoms with Crippen molar-refractivity contribution < 1.29 is 19.5 Å². The Balaban J connectivity index is 1.88. The monoisotopic (exact) mass is 324 g/mol. The lowest BCUT2D eigenvalue weighted by molar-refractivity contribution is -0.162. The molecule has 2 N–H and O–H groups in total. The molecule has 4 amide bonds. The first-order valence-electron chi connectivity index (χ1n) is 7.48. The molecule has 1 unspecified atom stereocenters. The third kappa shape index (κ3) is 2.91. The Morgan fingerprint density at radius 2 is 1.42 bits per heavy atom. The first-order valence-corrected chi connectivity index (χ1v) is 7.48. The van der Waals surface area contributed by atoms with Gasteiger partial charge in [0, 0.05) is 6.42 Å². The van der Waals surface area contributed by atoms with Gasteiger partial charge in [0.25, 0.3) is 11.8 Å². The fraction of sp³-hybridized carbons (Fsp3) is 0.167. The average Bonchev–Trinajstić information content (AvgIpc) is 2.59. The van der Waals surface area contributed by atoms with Crippen molar-refractivity contribution in [2.24, 2.45) is 0 Å². The Morgan fingerprint density at radius 3 is 2.00 bits per heavy atom. The number of nitrogens with zero attached hydrogens (tertiary/aromatic N) is 1. The van der Waals surface area contributed by atoms with Crippen molar-refractivity contribution >= 4 is 17.8 Å².